The van der Waals surface area contributed by atoms with Gasteiger partial charge in [0.2, 0.25) is 0 Å². The second-order valence-corrected chi connectivity index (χ2v) is 10.3. The highest BCUT2D eigenvalue weighted by atomic mass is 32.2. The molecular weight excluding hydrogens is 432 g/mol. The van der Waals surface area contributed by atoms with Gasteiger partial charge in [0, 0.05) is 0 Å². The summed E-state index contributed by atoms with van der Waals surface area (Å²) in [6, 6.07) is 14.2. The van der Waals surface area contributed by atoms with Gasteiger partial charge in [0.15, 0.2) is 0 Å². The minimum atomic E-state index is -4.48. The third-order valence-electron chi connectivity index (χ3n) is 4.17. The number of ether oxygens (including phenoxy) is 2. The molecule has 0 atom stereocenters. The molecule has 32 heavy (non-hydrogen) atoms. The fraction of sp³-hybridized carbons (Fsp3) is 0.391. The van der Waals surface area contributed by atoms with Crippen LogP contribution >= 0.6 is 0 Å². The van der Waals surface area contributed by atoms with Crippen molar-refractivity contribution in [2.45, 2.75) is 64.7 Å². The van der Waals surface area contributed by atoms with Gasteiger partial charge in [0.05, 0.1) is 10.9 Å². The second kappa shape index (κ2) is 10.0. The lowest BCUT2D eigenvalue weighted by Crippen LogP contribution is -2.56. The van der Waals surface area contributed by atoms with Gasteiger partial charge in [-0.2, -0.15) is 13.4 Å². The van der Waals surface area contributed by atoms with Crippen LogP contribution in [-0.4, -0.2) is 41.7 Å². The highest BCUT2D eigenvalue weighted by Crippen LogP contribution is 2.24. The molecule has 0 N–H and O–H groups in total. The fourth-order valence-corrected chi connectivity index (χ4v) is 4.09. The van der Waals surface area contributed by atoms with Crippen LogP contribution in [0, 0.1) is 6.92 Å². The molecule has 0 bridgehead atoms. The molecular formula is C23H30N2O6S. The Morgan fingerprint density at radius 2 is 1.50 bits per heavy atom. The topological polar surface area (TPSA) is 93.2 Å². The molecule has 2 aromatic rings. The van der Waals surface area contributed by atoms with E-state index in [4.69, 9.17) is 9.47 Å². The molecule has 2 rings (SSSR count). The predicted molar refractivity (Wildman–Crippen MR) is 120 cm³/mol. The van der Waals surface area contributed by atoms with Crippen LogP contribution in [0.4, 0.5) is 9.59 Å². The van der Waals surface area contributed by atoms with Crippen LogP contribution < -0.4 is 0 Å². The molecule has 0 spiro atoms. The summed E-state index contributed by atoms with van der Waals surface area (Å²) in [7, 11) is -4.48. The first-order valence-corrected chi connectivity index (χ1v) is 11.6. The van der Waals surface area contributed by atoms with Crippen LogP contribution in [0.3, 0.4) is 0 Å². The number of carbonyl (C=O) groups excluding carboxylic acids is 2. The molecule has 2 amide bonds. The maximum absolute atomic E-state index is 13.5. The van der Waals surface area contributed by atoms with Gasteiger partial charge in [-0.3, -0.25) is 0 Å². The first kappa shape index (κ1) is 25.2. The van der Waals surface area contributed by atoms with Gasteiger partial charge in [0.1, 0.15) is 12.2 Å². The Hall–Kier alpha value is -3.07. The lowest BCUT2D eigenvalue weighted by Gasteiger charge is -2.36. The summed E-state index contributed by atoms with van der Waals surface area (Å²) < 4.78 is 38.0. The molecule has 0 heterocycles. The number of sulfonamides is 1. The largest absolute Gasteiger partial charge is 0.444 e. The number of carbonyl (C=O) groups is 2. The van der Waals surface area contributed by atoms with Crippen LogP contribution in [0.15, 0.2) is 59.5 Å². The van der Waals surface area contributed by atoms with Gasteiger partial charge in [-0.1, -0.05) is 52.4 Å². The number of hydrogen-bond donors (Lipinski definition) is 0. The van der Waals surface area contributed by atoms with E-state index >= 15 is 0 Å². The quantitative estimate of drug-likeness (QED) is 0.588. The van der Waals surface area contributed by atoms with Gasteiger partial charge >= 0.3 is 12.2 Å². The summed E-state index contributed by atoms with van der Waals surface area (Å²) in [5.41, 5.74) is 0.569. The van der Waals surface area contributed by atoms with Crippen LogP contribution in [0.1, 0.15) is 45.7 Å². The van der Waals surface area contributed by atoms with Crippen molar-refractivity contribution in [1.29, 1.82) is 0 Å². The molecule has 0 unspecified atom stereocenters. The Labute approximate surface area is 189 Å². The fourth-order valence-electron chi connectivity index (χ4n) is 2.69. The SMILES string of the molecule is Cc1ccc(S(=O)(=O)N(C(=O)OC(C)(C)C)N(C(=O)OCc2ccccc2)C(C)C)cc1. The Morgan fingerprint density at radius 1 is 0.938 bits per heavy atom. The average Bonchev–Trinajstić information content (AvgIpc) is 2.69. The van der Waals surface area contributed by atoms with Gasteiger partial charge in [-0.15, -0.1) is 0 Å². The van der Waals surface area contributed by atoms with E-state index in [0.29, 0.717) is 4.41 Å². The molecule has 0 saturated heterocycles. The predicted octanol–water partition coefficient (Wildman–Crippen LogP) is 4.88. The molecule has 0 radical (unpaired) electrons. The number of hydrogen-bond acceptors (Lipinski definition) is 6. The van der Waals surface area contributed by atoms with Crippen LogP contribution in [0.25, 0.3) is 0 Å². The van der Waals surface area contributed by atoms with E-state index < -0.39 is 33.9 Å². The van der Waals surface area contributed by atoms with Crippen molar-refractivity contribution >= 4 is 22.2 Å². The molecule has 0 fully saturated rings. The molecule has 174 valence electrons. The zero-order valence-corrected chi connectivity index (χ0v) is 20.0. The van der Waals surface area contributed by atoms with E-state index in [-0.39, 0.29) is 11.5 Å². The molecule has 0 aromatic heterocycles. The van der Waals surface area contributed by atoms with Crippen molar-refractivity contribution in [3.63, 3.8) is 0 Å². The van der Waals surface area contributed by atoms with Crippen molar-refractivity contribution < 1.29 is 27.5 Å². The smallest absolute Gasteiger partial charge is 0.443 e. The van der Waals surface area contributed by atoms with E-state index in [0.717, 1.165) is 16.1 Å². The lowest BCUT2D eigenvalue weighted by atomic mass is 10.2. The number of rotatable bonds is 5. The van der Waals surface area contributed by atoms with Gasteiger partial charge in [-0.05, 0) is 59.2 Å². The summed E-state index contributed by atoms with van der Waals surface area (Å²) >= 11 is 0. The Balaban J connectivity index is 2.47. The van der Waals surface area contributed by atoms with Gasteiger partial charge < -0.3 is 9.47 Å². The molecule has 0 aliphatic carbocycles. The van der Waals surface area contributed by atoms with Crippen molar-refractivity contribution in [2.24, 2.45) is 0 Å². The maximum atomic E-state index is 13.5. The van der Waals surface area contributed by atoms with E-state index in [9.17, 15) is 18.0 Å². The summed E-state index contributed by atoms with van der Waals surface area (Å²) in [5, 5.41) is 0.756. The summed E-state index contributed by atoms with van der Waals surface area (Å²) in [6.45, 7) is 9.69. The second-order valence-electron chi connectivity index (χ2n) is 8.52. The molecule has 8 nitrogen and oxygen atoms in total. The highest BCUT2D eigenvalue weighted by Gasteiger charge is 2.42. The number of aryl methyl sites for hydroxylation is 1. The van der Waals surface area contributed by atoms with Crippen molar-refractivity contribution in [3.05, 3.63) is 65.7 Å². The molecule has 0 saturated carbocycles. The van der Waals surface area contributed by atoms with Gasteiger partial charge in [-0.25, -0.2) is 9.59 Å². The average molecular weight is 463 g/mol. The van der Waals surface area contributed by atoms with Crippen molar-refractivity contribution in [1.82, 2.24) is 9.42 Å². The van der Waals surface area contributed by atoms with Gasteiger partial charge in [0.25, 0.3) is 10.0 Å². The normalized spacial score (nSPS) is 11.7. The minimum Gasteiger partial charge on any atom is -0.443 e. The van der Waals surface area contributed by atoms with E-state index in [1.807, 2.05) is 13.0 Å². The number of nitrogens with zero attached hydrogens (tertiary/aromatic N) is 2. The molecule has 0 aliphatic rings. The highest BCUT2D eigenvalue weighted by molar-refractivity contribution is 7.89. The van der Waals surface area contributed by atoms with Crippen molar-refractivity contribution in [3.8, 4) is 0 Å². The third kappa shape index (κ3) is 6.46. The van der Waals surface area contributed by atoms with Crippen molar-refractivity contribution in [2.75, 3.05) is 0 Å². The van der Waals surface area contributed by atoms with E-state index in [1.165, 1.54) is 12.1 Å². The van der Waals surface area contributed by atoms with Crippen LogP contribution in [0.2, 0.25) is 0 Å². The third-order valence-corrected chi connectivity index (χ3v) is 5.82. The van der Waals surface area contributed by atoms with Crippen LogP contribution in [0.5, 0.6) is 0 Å². The lowest BCUT2D eigenvalue weighted by molar-refractivity contribution is -0.0221. The Morgan fingerprint density at radius 3 is 2.00 bits per heavy atom. The zero-order valence-electron chi connectivity index (χ0n) is 19.2. The first-order valence-electron chi connectivity index (χ1n) is 10.2. The number of hydrazine groups is 1. The summed E-state index contributed by atoms with van der Waals surface area (Å²) in [4.78, 5) is 25.9. The van der Waals surface area contributed by atoms with Crippen LogP contribution in [-0.2, 0) is 26.1 Å². The molecule has 0 aliphatic heterocycles. The number of benzene rings is 2. The van der Waals surface area contributed by atoms with E-state index in [2.05, 4.69) is 0 Å². The van der Waals surface area contributed by atoms with E-state index in [1.54, 1.807) is 71.0 Å². The summed E-state index contributed by atoms with van der Waals surface area (Å²) in [6.07, 6.45) is -2.20. The Bertz CT molecular complexity index is 1030. The molecule has 9 heteroatoms. The maximum Gasteiger partial charge on any atom is 0.444 e. The standard InChI is InChI=1S/C23H30N2O6S/c1-17(2)24(21(26)30-16-19-10-8-7-9-11-19)25(22(27)31-23(4,5)6)32(28,29)20-14-12-18(3)13-15-20/h7-15,17H,16H2,1-6H3. The minimum absolute atomic E-state index is 0.0877. The number of amides is 2. The Kier molecular flexibility index (Phi) is 7.90. The summed E-state index contributed by atoms with van der Waals surface area (Å²) in [5.74, 6) is 0. The first-order chi connectivity index (χ1) is 14.8. The molecule has 2 aromatic carbocycles. The zero-order chi connectivity index (χ0) is 24.1. The monoisotopic (exact) mass is 462 g/mol.